The number of alkyl halides is 2. The van der Waals surface area contributed by atoms with Crippen molar-refractivity contribution in [1.82, 2.24) is 0 Å². The third kappa shape index (κ3) is 2.91. The van der Waals surface area contributed by atoms with Gasteiger partial charge in [-0.05, 0) is 33.6 Å². The van der Waals surface area contributed by atoms with Crippen LogP contribution in [0.3, 0.4) is 0 Å². The van der Waals surface area contributed by atoms with Crippen molar-refractivity contribution >= 4 is 21.6 Å². The van der Waals surface area contributed by atoms with E-state index in [0.717, 1.165) is 11.3 Å². The highest BCUT2D eigenvalue weighted by Gasteiger charge is 2.34. The molecule has 1 aliphatic rings. The molecule has 5 heteroatoms. The van der Waals surface area contributed by atoms with Crippen molar-refractivity contribution in [1.29, 1.82) is 5.26 Å². The summed E-state index contributed by atoms with van der Waals surface area (Å²) >= 11 is 3.30. The Morgan fingerprint density at radius 2 is 2.06 bits per heavy atom. The number of anilines is 1. The van der Waals surface area contributed by atoms with E-state index < -0.39 is 5.92 Å². The van der Waals surface area contributed by atoms with Gasteiger partial charge in [0.15, 0.2) is 0 Å². The van der Waals surface area contributed by atoms with Gasteiger partial charge in [-0.1, -0.05) is 6.07 Å². The van der Waals surface area contributed by atoms with Crippen molar-refractivity contribution in [3.8, 4) is 6.07 Å². The molecule has 0 unspecified atom stereocenters. The Balaban J connectivity index is 2.15. The summed E-state index contributed by atoms with van der Waals surface area (Å²) in [5.41, 5.74) is 1.54. The fraction of sp³-hybridized carbons (Fsp3) is 0.462. The predicted octanol–water partition coefficient (Wildman–Crippen LogP) is 3.35. The van der Waals surface area contributed by atoms with Crippen molar-refractivity contribution < 1.29 is 8.78 Å². The summed E-state index contributed by atoms with van der Waals surface area (Å²) in [5, 5.41) is 8.71. The highest BCUT2D eigenvalue weighted by molar-refractivity contribution is 9.10. The number of nitriles is 1. The molecule has 1 saturated heterocycles. The van der Waals surface area contributed by atoms with Gasteiger partial charge in [0, 0.05) is 25.9 Å². The zero-order valence-electron chi connectivity index (χ0n) is 9.64. The van der Waals surface area contributed by atoms with Crippen LogP contribution in [-0.4, -0.2) is 19.0 Å². The first-order chi connectivity index (χ1) is 8.52. The molecular weight excluding hydrogens is 302 g/mol. The minimum absolute atomic E-state index is 0.134. The van der Waals surface area contributed by atoms with Crippen molar-refractivity contribution in [3.05, 3.63) is 28.2 Å². The van der Waals surface area contributed by atoms with Crippen LogP contribution in [0.15, 0.2) is 10.5 Å². The number of halogens is 3. The average molecular weight is 313 g/mol. The quantitative estimate of drug-likeness (QED) is 0.837. The normalized spacial score (nSPS) is 18.0. The van der Waals surface area contributed by atoms with Crippen LogP contribution in [0.5, 0.6) is 0 Å². The van der Waals surface area contributed by atoms with Gasteiger partial charge in [-0.3, -0.25) is 0 Å². The van der Waals surface area contributed by atoms with E-state index in [0.29, 0.717) is 17.6 Å². The lowest BCUT2D eigenvalue weighted by Gasteiger charge is -2.32. The number of rotatable bonds is 2. The Morgan fingerprint density at radius 1 is 1.39 bits per heavy atom. The smallest absolute Gasteiger partial charge is 0.251 e. The maximum absolute atomic E-state index is 13.1. The van der Waals surface area contributed by atoms with Gasteiger partial charge in [-0.2, -0.15) is 5.26 Å². The van der Waals surface area contributed by atoms with Crippen molar-refractivity contribution in [2.24, 2.45) is 0 Å². The van der Waals surface area contributed by atoms with Crippen LogP contribution in [0.2, 0.25) is 0 Å². The monoisotopic (exact) mass is 312 g/mol. The third-order valence-corrected chi connectivity index (χ3v) is 3.71. The molecule has 1 aliphatic heterocycles. The molecule has 0 atom stereocenters. The van der Waals surface area contributed by atoms with Crippen LogP contribution in [0.1, 0.15) is 18.4 Å². The number of nitrogens with zero attached hydrogens (tertiary/aromatic N) is 2. The van der Waals surface area contributed by atoms with Crippen molar-refractivity contribution in [2.75, 3.05) is 18.0 Å². The molecule has 0 N–H and O–H groups in total. The highest BCUT2D eigenvalue weighted by atomic mass is 79.9. The molecule has 18 heavy (non-hydrogen) atoms. The molecule has 0 radical (unpaired) electrons. The van der Waals surface area contributed by atoms with Crippen molar-refractivity contribution in [2.45, 2.75) is 25.2 Å². The fourth-order valence-corrected chi connectivity index (χ4v) is 2.28. The van der Waals surface area contributed by atoms with Crippen LogP contribution < -0.4 is 4.90 Å². The van der Waals surface area contributed by atoms with Crippen LogP contribution >= 0.6 is 15.9 Å². The summed E-state index contributed by atoms with van der Waals surface area (Å²) in [6, 6.07) is 9.69. The van der Waals surface area contributed by atoms with E-state index in [4.69, 9.17) is 5.26 Å². The van der Waals surface area contributed by atoms with Crippen LogP contribution in [0.25, 0.3) is 0 Å². The Hall–Kier alpha value is -1.33. The minimum Gasteiger partial charge on any atom is -0.364 e. The molecule has 0 amide bonds. The summed E-state index contributed by atoms with van der Waals surface area (Å²) in [4.78, 5) is 1.86. The summed E-state index contributed by atoms with van der Waals surface area (Å²) in [6.07, 6.45) is -0.00224. The largest absolute Gasteiger partial charge is 0.364 e. The van der Waals surface area contributed by atoms with Gasteiger partial charge in [0.05, 0.1) is 22.7 Å². The standard InChI is InChI=1S/C13H11BrF2N2/c14-12-2-1-11(9-10(12)3-6-17)18-7-4-13(15,16)5-8-18/h9H,3-5,7-8H2. The minimum atomic E-state index is -2.55. The van der Waals surface area contributed by atoms with Gasteiger partial charge < -0.3 is 4.90 Å². The summed E-state index contributed by atoms with van der Waals surface area (Å²) < 4.78 is 26.8. The van der Waals surface area contributed by atoms with Gasteiger partial charge in [-0.15, -0.1) is 0 Å². The Kier molecular flexibility index (Phi) is 3.73. The Labute approximate surface area is 113 Å². The van der Waals surface area contributed by atoms with Crippen LogP contribution in [0, 0.1) is 23.5 Å². The molecule has 0 aliphatic carbocycles. The van der Waals surface area contributed by atoms with Gasteiger partial charge >= 0.3 is 0 Å². The second-order valence-electron chi connectivity index (χ2n) is 4.30. The van der Waals surface area contributed by atoms with Crippen LogP contribution in [-0.2, 0) is 6.42 Å². The lowest BCUT2D eigenvalue weighted by molar-refractivity contribution is -0.0220. The van der Waals surface area contributed by atoms with E-state index in [1.54, 1.807) is 0 Å². The number of hydrogen-bond donors (Lipinski definition) is 0. The summed E-state index contributed by atoms with van der Waals surface area (Å²) in [7, 11) is 0. The van der Waals surface area contributed by atoms with Gasteiger partial charge in [0.2, 0.25) is 0 Å². The molecule has 1 heterocycles. The van der Waals surface area contributed by atoms with E-state index in [2.05, 4.69) is 34.1 Å². The predicted molar refractivity (Wildman–Crippen MR) is 67.5 cm³/mol. The third-order valence-electron chi connectivity index (χ3n) is 3.00. The van der Waals surface area contributed by atoms with Gasteiger partial charge in [0.25, 0.3) is 5.92 Å². The topological polar surface area (TPSA) is 27.0 Å². The van der Waals surface area contributed by atoms with Gasteiger partial charge in [-0.25, -0.2) is 8.78 Å². The Morgan fingerprint density at radius 3 is 2.67 bits per heavy atom. The molecule has 94 valence electrons. The average Bonchev–Trinajstić information content (AvgIpc) is 2.32. The molecule has 0 spiro atoms. The lowest BCUT2D eigenvalue weighted by Crippen LogP contribution is -2.39. The van der Waals surface area contributed by atoms with E-state index in [-0.39, 0.29) is 19.3 Å². The van der Waals surface area contributed by atoms with E-state index in [1.165, 1.54) is 0 Å². The summed E-state index contributed by atoms with van der Waals surface area (Å²) in [5.74, 6) is -2.55. The highest BCUT2D eigenvalue weighted by Crippen LogP contribution is 2.30. The molecule has 0 saturated carbocycles. The molecule has 1 fully saturated rings. The number of hydrogen-bond acceptors (Lipinski definition) is 2. The second kappa shape index (κ2) is 5.12. The van der Waals surface area contributed by atoms with E-state index in [1.807, 2.05) is 11.0 Å². The fourth-order valence-electron chi connectivity index (χ4n) is 1.92. The first-order valence-electron chi connectivity index (χ1n) is 5.64. The second-order valence-corrected chi connectivity index (χ2v) is 5.09. The first kappa shape index (κ1) is 13.1. The maximum Gasteiger partial charge on any atom is 0.251 e. The zero-order valence-corrected chi connectivity index (χ0v) is 11.2. The molecule has 2 rings (SSSR count). The molecular formula is C13H11BrF2N2. The maximum atomic E-state index is 13.1. The molecule has 1 aromatic carbocycles. The first-order valence-corrected chi connectivity index (χ1v) is 6.43. The van der Waals surface area contributed by atoms with E-state index in [9.17, 15) is 8.78 Å². The van der Waals surface area contributed by atoms with Crippen LogP contribution in [0.4, 0.5) is 14.5 Å². The molecule has 2 nitrogen and oxygen atoms in total. The number of piperidine rings is 1. The Bertz CT molecular complexity index is 472. The molecule has 0 bridgehead atoms. The molecule has 0 aromatic heterocycles. The summed E-state index contributed by atoms with van der Waals surface area (Å²) in [6.45, 7) is 0.621. The van der Waals surface area contributed by atoms with Gasteiger partial charge in [0.1, 0.15) is 0 Å². The van der Waals surface area contributed by atoms with Crippen molar-refractivity contribution in [3.63, 3.8) is 0 Å². The SMILES string of the molecule is N#CCc1cc(N2CCC(F)(F)CC2)c#cc1Br. The van der Waals surface area contributed by atoms with E-state index >= 15 is 0 Å². The lowest BCUT2D eigenvalue weighted by atomic mass is 10.1. The zero-order chi connectivity index (χ0) is 13.2. The molecule has 1 aromatic rings.